The Labute approximate surface area is 81.7 Å². The molecule has 0 nitrogen and oxygen atoms in total. The topological polar surface area (TPSA) is 0 Å². The van der Waals surface area contributed by atoms with Gasteiger partial charge in [-0.2, -0.15) is 0 Å². The normalized spacial score (nSPS) is 32.3. The maximum absolute atomic E-state index is 2.52. The highest BCUT2D eigenvalue weighted by Crippen LogP contribution is 2.45. The molecule has 0 aromatic rings. The molecule has 0 radical (unpaired) electrons. The molecule has 0 spiro atoms. The maximum atomic E-state index is 2.52. The fourth-order valence-electron chi connectivity index (χ4n) is 2.19. The first-order chi connectivity index (χ1) is 6.31. The third kappa shape index (κ3) is 2.04. The van der Waals surface area contributed by atoms with Gasteiger partial charge >= 0.3 is 0 Å². The largest absolute Gasteiger partial charge is 0.0805 e. The zero-order chi connectivity index (χ0) is 9.26. The highest BCUT2D eigenvalue weighted by molar-refractivity contribution is 5.32. The van der Waals surface area contributed by atoms with Crippen LogP contribution in [-0.2, 0) is 0 Å². The minimum Gasteiger partial charge on any atom is -0.0805 e. The molecular weight excluding hydrogens is 156 g/mol. The van der Waals surface area contributed by atoms with Gasteiger partial charge in [0.05, 0.1) is 0 Å². The van der Waals surface area contributed by atoms with E-state index in [4.69, 9.17) is 0 Å². The van der Waals surface area contributed by atoms with Crippen molar-refractivity contribution in [1.82, 2.24) is 0 Å². The predicted octanol–water partition coefficient (Wildman–Crippen LogP) is 3.95. The average Bonchev–Trinajstić information content (AvgIpc) is 2.91. The zero-order valence-corrected chi connectivity index (χ0v) is 8.79. The Hall–Kier alpha value is -0.520. The monoisotopic (exact) mass is 176 g/mol. The van der Waals surface area contributed by atoms with Gasteiger partial charge in [-0.3, -0.25) is 0 Å². The van der Waals surface area contributed by atoms with Gasteiger partial charge in [-0.05, 0) is 36.2 Å². The lowest BCUT2D eigenvalue weighted by Crippen LogP contribution is -2.00. The highest BCUT2D eigenvalue weighted by Gasteiger charge is 2.35. The molecule has 2 aliphatic rings. The van der Waals surface area contributed by atoms with Gasteiger partial charge in [0.1, 0.15) is 0 Å². The molecule has 1 fully saturated rings. The van der Waals surface area contributed by atoms with E-state index in [1.54, 1.807) is 5.57 Å². The van der Waals surface area contributed by atoms with Crippen molar-refractivity contribution in [2.75, 3.05) is 0 Å². The minimum absolute atomic E-state index is 0.790. The molecule has 0 heterocycles. The first-order valence-electron chi connectivity index (χ1n) is 5.71. The summed E-state index contributed by atoms with van der Waals surface area (Å²) in [5.74, 6) is 2.63. The van der Waals surface area contributed by atoms with Crippen LogP contribution in [0.15, 0.2) is 23.8 Å². The molecule has 0 aromatic carbocycles. The fourth-order valence-corrected chi connectivity index (χ4v) is 2.19. The maximum Gasteiger partial charge on any atom is -0.0158 e. The van der Waals surface area contributed by atoms with Crippen molar-refractivity contribution in [2.24, 2.45) is 17.8 Å². The molecule has 3 atom stereocenters. The average molecular weight is 176 g/mol. The molecule has 2 aliphatic carbocycles. The van der Waals surface area contributed by atoms with Crippen molar-refractivity contribution < 1.29 is 0 Å². The van der Waals surface area contributed by atoms with Gasteiger partial charge in [0, 0.05) is 0 Å². The van der Waals surface area contributed by atoms with E-state index in [1.165, 1.54) is 25.7 Å². The van der Waals surface area contributed by atoms with Crippen LogP contribution in [0.1, 0.15) is 39.5 Å². The molecule has 2 rings (SSSR count). The van der Waals surface area contributed by atoms with Crippen LogP contribution in [0.3, 0.4) is 0 Å². The summed E-state index contributed by atoms with van der Waals surface area (Å²) in [4.78, 5) is 0. The number of hydrogen-bond donors (Lipinski definition) is 0. The van der Waals surface area contributed by atoms with E-state index in [0.717, 1.165) is 17.8 Å². The lowest BCUT2D eigenvalue weighted by molar-refractivity contribution is 0.576. The molecule has 0 heteroatoms. The van der Waals surface area contributed by atoms with Gasteiger partial charge in [-0.1, -0.05) is 44.9 Å². The van der Waals surface area contributed by atoms with Crippen LogP contribution in [0.4, 0.5) is 0 Å². The Morgan fingerprint density at radius 1 is 1.46 bits per heavy atom. The predicted molar refractivity (Wildman–Crippen MR) is 57.5 cm³/mol. The lowest BCUT2D eigenvalue weighted by Gasteiger charge is -2.14. The van der Waals surface area contributed by atoms with Gasteiger partial charge < -0.3 is 0 Å². The van der Waals surface area contributed by atoms with Crippen molar-refractivity contribution >= 4 is 0 Å². The Morgan fingerprint density at radius 3 is 3.00 bits per heavy atom. The van der Waals surface area contributed by atoms with E-state index in [2.05, 4.69) is 32.1 Å². The third-order valence-electron chi connectivity index (χ3n) is 3.39. The van der Waals surface area contributed by atoms with E-state index in [-0.39, 0.29) is 0 Å². The summed E-state index contributed by atoms with van der Waals surface area (Å²) in [5, 5.41) is 0. The van der Waals surface area contributed by atoms with Gasteiger partial charge in [0.25, 0.3) is 0 Å². The van der Waals surface area contributed by atoms with Crippen molar-refractivity contribution in [3.8, 4) is 0 Å². The molecule has 0 saturated heterocycles. The summed E-state index contributed by atoms with van der Waals surface area (Å²) < 4.78 is 0. The quantitative estimate of drug-likeness (QED) is 0.608. The number of hydrogen-bond acceptors (Lipinski definition) is 0. The summed E-state index contributed by atoms with van der Waals surface area (Å²) in [6.45, 7) is 4.64. The Kier molecular flexibility index (Phi) is 2.57. The number of allylic oxidation sites excluding steroid dienone is 4. The minimum atomic E-state index is 0.790. The van der Waals surface area contributed by atoms with Crippen molar-refractivity contribution in [2.45, 2.75) is 39.5 Å². The van der Waals surface area contributed by atoms with Crippen LogP contribution >= 0.6 is 0 Å². The van der Waals surface area contributed by atoms with E-state index < -0.39 is 0 Å². The van der Waals surface area contributed by atoms with E-state index in [9.17, 15) is 0 Å². The van der Waals surface area contributed by atoms with Crippen LogP contribution in [0, 0.1) is 17.8 Å². The second kappa shape index (κ2) is 3.69. The first-order valence-corrected chi connectivity index (χ1v) is 5.71. The zero-order valence-electron chi connectivity index (χ0n) is 8.79. The number of rotatable bonds is 4. The van der Waals surface area contributed by atoms with Crippen LogP contribution < -0.4 is 0 Å². The fraction of sp³-hybridized carbons (Fsp3) is 0.692. The lowest BCUT2D eigenvalue weighted by atomic mass is 9.91. The second-order valence-electron chi connectivity index (χ2n) is 4.63. The van der Waals surface area contributed by atoms with Crippen molar-refractivity contribution in [3.63, 3.8) is 0 Å². The second-order valence-corrected chi connectivity index (χ2v) is 4.63. The molecule has 0 aliphatic heterocycles. The van der Waals surface area contributed by atoms with E-state index in [1.807, 2.05) is 0 Å². The summed E-state index contributed by atoms with van der Waals surface area (Å²) in [6.07, 6.45) is 12.8. The molecule has 3 unspecified atom stereocenters. The molecule has 72 valence electrons. The Morgan fingerprint density at radius 2 is 2.31 bits per heavy atom. The van der Waals surface area contributed by atoms with Crippen molar-refractivity contribution in [3.05, 3.63) is 23.8 Å². The molecule has 0 aromatic heterocycles. The Bertz CT molecular complexity index is 234. The smallest absolute Gasteiger partial charge is 0.0158 e. The van der Waals surface area contributed by atoms with Crippen molar-refractivity contribution in [1.29, 1.82) is 0 Å². The molecule has 0 bridgehead atoms. The first kappa shape index (κ1) is 9.05. The van der Waals surface area contributed by atoms with Crippen LogP contribution in [-0.4, -0.2) is 0 Å². The molecule has 0 amide bonds. The summed E-state index contributed by atoms with van der Waals surface area (Å²) in [6, 6.07) is 0. The molecule has 13 heavy (non-hydrogen) atoms. The molecule has 1 saturated carbocycles. The number of fused-ring (bicyclic) bond motifs is 1. The van der Waals surface area contributed by atoms with Gasteiger partial charge in [-0.15, -0.1) is 0 Å². The summed E-state index contributed by atoms with van der Waals surface area (Å²) >= 11 is 0. The highest BCUT2D eigenvalue weighted by atomic mass is 14.4. The summed E-state index contributed by atoms with van der Waals surface area (Å²) in [7, 11) is 0. The summed E-state index contributed by atoms with van der Waals surface area (Å²) in [5.41, 5.74) is 1.60. The van der Waals surface area contributed by atoms with Crippen LogP contribution in [0.2, 0.25) is 0 Å². The Balaban J connectivity index is 1.89. The molecular formula is C13H20. The van der Waals surface area contributed by atoms with E-state index >= 15 is 0 Å². The van der Waals surface area contributed by atoms with Gasteiger partial charge in [0.2, 0.25) is 0 Å². The van der Waals surface area contributed by atoms with Gasteiger partial charge in [-0.25, -0.2) is 0 Å². The SMILES string of the molecule is CCCCC(C)C1=CC2CC2C=C1. The molecule has 0 N–H and O–H groups in total. The van der Waals surface area contributed by atoms with Crippen LogP contribution in [0.25, 0.3) is 0 Å². The van der Waals surface area contributed by atoms with E-state index in [0.29, 0.717) is 0 Å². The standard InChI is InChI=1S/C13H20/c1-3-4-5-10(2)11-6-7-12-9-13(12)8-11/h6-8,10,12-13H,3-5,9H2,1-2H3. The number of unbranched alkanes of at least 4 members (excludes halogenated alkanes) is 1. The van der Waals surface area contributed by atoms with Gasteiger partial charge in [0.15, 0.2) is 0 Å². The third-order valence-corrected chi connectivity index (χ3v) is 3.39. The van der Waals surface area contributed by atoms with Crippen LogP contribution in [0.5, 0.6) is 0 Å².